The van der Waals surface area contributed by atoms with Crippen LogP contribution in [0.3, 0.4) is 0 Å². The minimum Gasteiger partial charge on any atom is -0.379 e. The van der Waals surface area contributed by atoms with Crippen molar-refractivity contribution in [2.75, 3.05) is 39.4 Å². The number of fused-ring (bicyclic) bond motifs is 1. The highest BCUT2D eigenvalue weighted by Crippen LogP contribution is 2.20. The van der Waals surface area contributed by atoms with E-state index in [-0.39, 0.29) is 6.04 Å². The zero-order valence-electron chi connectivity index (χ0n) is 17.3. The van der Waals surface area contributed by atoms with Gasteiger partial charge in [-0.15, -0.1) is 0 Å². The number of para-hydroxylation sites is 1. The lowest BCUT2D eigenvalue weighted by molar-refractivity contribution is -0.139. The monoisotopic (exact) mass is 421 g/mol. The van der Waals surface area contributed by atoms with Crippen molar-refractivity contribution in [3.63, 3.8) is 0 Å². The number of H-pyrrole nitrogens is 1. The minimum absolute atomic E-state index is 0.0550. The molecule has 1 aliphatic heterocycles. The predicted molar refractivity (Wildman–Crippen MR) is 117 cm³/mol. The Morgan fingerprint density at radius 3 is 2.71 bits per heavy atom. The zero-order valence-corrected chi connectivity index (χ0v) is 17.3. The molecule has 0 unspecified atom stereocenters. The number of nitrogens with zero attached hydrogens (tertiary/aromatic N) is 2. The smallest absolute Gasteiger partial charge is 0.309 e. The fourth-order valence-corrected chi connectivity index (χ4v) is 3.92. The molecule has 0 aliphatic carbocycles. The number of carbonyl (C=O) groups excluding carboxylic acids is 2. The molecule has 162 valence electrons. The van der Waals surface area contributed by atoms with E-state index in [0.717, 1.165) is 35.1 Å². The molecule has 1 aliphatic rings. The Hall–Kier alpha value is -3.23. The van der Waals surface area contributed by atoms with Gasteiger partial charge in [-0.25, -0.2) is 0 Å². The number of ether oxygens (including phenoxy) is 1. The number of hydrogen-bond acceptors (Lipinski definition) is 5. The second-order valence-corrected chi connectivity index (χ2v) is 7.53. The molecule has 31 heavy (non-hydrogen) atoms. The summed E-state index contributed by atoms with van der Waals surface area (Å²) in [5, 5.41) is 6.63. The van der Waals surface area contributed by atoms with Crippen molar-refractivity contribution in [3.05, 3.63) is 66.1 Å². The van der Waals surface area contributed by atoms with Crippen molar-refractivity contribution in [2.24, 2.45) is 0 Å². The Balaban J connectivity index is 1.29. The number of rotatable bonds is 7. The Morgan fingerprint density at radius 1 is 1.10 bits per heavy atom. The highest BCUT2D eigenvalue weighted by molar-refractivity contribution is 6.35. The Kier molecular flexibility index (Phi) is 6.91. The lowest BCUT2D eigenvalue weighted by Crippen LogP contribution is -2.47. The van der Waals surface area contributed by atoms with E-state index in [4.69, 9.17) is 4.74 Å². The van der Waals surface area contributed by atoms with E-state index in [2.05, 4.69) is 25.5 Å². The van der Waals surface area contributed by atoms with E-state index in [1.54, 1.807) is 12.4 Å². The maximum atomic E-state index is 12.4. The van der Waals surface area contributed by atoms with Crippen LogP contribution < -0.4 is 10.6 Å². The molecule has 0 saturated carbocycles. The third kappa shape index (κ3) is 5.28. The highest BCUT2D eigenvalue weighted by Gasteiger charge is 2.24. The largest absolute Gasteiger partial charge is 0.379 e. The normalized spacial score (nSPS) is 15.5. The second kappa shape index (κ2) is 10.2. The van der Waals surface area contributed by atoms with Crippen LogP contribution in [0.25, 0.3) is 10.9 Å². The third-order valence-electron chi connectivity index (χ3n) is 5.57. The van der Waals surface area contributed by atoms with Crippen LogP contribution in [0.1, 0.15) is 17.2 Å². The molecule has 0 radical (unpaired) electrons. The first-order chi connectivity index (χ1) is 15.2. The molecule has 3 N–H and O–H groups in total. The van der Waals surface area contributed by atoms with Crippen LogP contribution in [0, 0.1) is 0 Å². The molecule has 1 fully saturated rings. The molecule has 0 bridgehead atoms. The first-order valence-electron chi connectivity index (χ1n) is 10.5. The number of nitrogens with one attached hydrogen (secondary N) is 3. The van der Waals surface area contributed by atoms with Gasteiger partial charge in [-0.2, -0.15) is 0 Å². The van der Waals surface area contributed by atoms with Crippen molar-refractivity contribution in [1.29, 1.82) is 0 Å². The van der Waals surface area contributed by atoms with Crippen LogP contribution in [-0.4, -0.2) is 66.1 Å². The van der Waals surface area contributed by atoms with Gasteiger partial charge in [0.05, 0.1) is 19.3 Å². The molecule has 2 amide bonds. The first-order valence-corrected chi connectivity index (χ1v) is 10.5. The second-order valence-electron chi connectivity index (χ2n) is 7.53. The molecule has 3 aromatic rings. The van der Waals surface area contributed by atoms with E-state index >= 15 is 0 Å². The fraction of sp³-hybridized carbons (Fsp3) is 0.348. The first kappa shape index (κ1) is 21.0. The summed E-state index contributed by atoms with van der Waals surface area (Å²) in [5.74, 6) is -1.24. The number of hydrogen-bond donors (Lipinski definition) is 3. The van der Waals surface area contributed by atoms with Crippen LogP contribution in [-0.2, 0) is 20.7 Å². The summed E-state index contributed by atoms with van der Waals surface area (Å²) in [6.45, 7) is 3.57. The molecular weight excluding hydrogens is 394 g/mol. The van der Waals surface area contributed by atoms with Crippen molar-refractivity contribution < 1.29 is 14.3 Å². The van der Waals surface area contributed by atoms with E-state index in [1.807, 2.05) is 42.6 Å². The van der Waals surface area contributed by atoms with E-state index in [9.17, 15) is 9.59 Å². The number of amides is 2. The van der Waals surface area contributed by atoms with Gasteiger partial charge < -0.3 is 20.4 Å². The lowest BCUT2D eigenvalue weighted by Gasteiger charge is -2.34. The predicted octanol–water partition coefficient (Wildman–Crippen LogP) is 1.41. The van der Waals surface area contributed by atoms with Crippen LogP contribution in [0.4, 0.5) is 0 Å². The van der Waals surface area contributed by atoms with Gasteiger partial charge in [-0.3, -0.25) is 19.5 Å². The molecule has 1 saturated heterocycles. The molecule has 1 atom stereocenters. The SMILES string of the molecule is O=C(NCCc1c[nH]c2ccccc12)C(=O)NC[C@@H](c1cccnc1)N1CCOCC1. The highest BCUT2D eigenvalue weighted by atomic mass is 16.5. The molecule has 8 heteroatoms. The van der Waals surface area contributed by atoms with Crippen molar-refractivity contribution in [1.82, 2.24) is 25.5 Å². The summed E-state index contributed by atoms with van der Waals surface area (Å²) in [6, 6.07) is 11.8. The summed E-state index contributed by atoms with van der Waals surface area (Å²) >= 11 is 0. The van der Waals surface area contributed by atoms with Crippen molar-refractivity contribution in [2.45, 2.75) is 12.5 Å². The summed E-state index contributed by atoms with van der Waals surface area (Å²) in [4.78, 5) is 34.3. The lowest BCUT2D eigenvalue weighted by atomic mass is 10.1. The van der Waals surface area contributed by atoms with Gasteiger partial charge >= 0.3 is 11.8 Å². The summed E-state index contributed by atoms with van der Waals surface area (Å²) in [5.41, 5.74) is 3.18. The van der Waals surface area contributed by atoms with Crippen LogP contribution >= 0.6 is 0 Å². The quantitative estimate of drug-likeness (QED) is 0.501. The Labute approximate surface area is 181 Å². The Bertz CT molecular complexity index is 1010. The van der Waals surface area contributed by atoms with Crippen LogP contribution in [0.2, 0.25) is 0 Å². The van der Waals surface area contributed by atoms with Gasteiger partial charge in [0.1, 0.15) is 0 Å². The van der Waals surface area contributed by atoms with Gasteiger partial charge in [-0.1, -0.05) is 24.3 Å². The van der Waals surface area contributed by atoms with Crippen molar-refractivity contribution >= 4 is 22.7 Å². The maximum Gasteiger partial charge on any atom is 0.309 e. The van der Waals surface area contributed by atoms with Gasteiger partial charge in [0.2, 0.25) is 0 Å². The topological polar surface area (TPSA) is 99.3 Å². The molecule has 4 rings (SSSR count). The van der Waals surface area contributed by atoms with Gasteiger partial charge in [0, 0.05) is 55.7 Å². The average Bonchev–Trinajstić information content (AvgIpc) is 3.23. The molecule has 2 aromatic heterocycles. The van der Waals surface area contributed by atoms with Gasteiger partial charge in [0.25, 0.3) is 0 Å². The molecule has 0 spiro atoms. The van der Waals surface area contributed by atoms with Crippen LogP contribution in [0.15, 0.2) is 55.0 Å². The summed E-state index contributed by atoms with van der Waals surface area (Å²) < 4.78 is 5.44. The molecule has 3 heterocycles. The third-order valence-corrected chi connectivity index (χ3v) is 5.57. The molecule has 8 nitrogen and oxygen atoms in total. The minimum atomic E-state index is -0.624. The van der Waals surface area contributed by atoms with E-state index < -0.39 is 11.8 Å². The van der Waals surface area contributed by atoms with E-state index in [0.29, 0.717) is 32.7 Å². The van der Waals surface area contributed by atoms with Crippen LogP contribution in [0.5, 0.6) is 0 Å². The molecule has 1 aromatic carbocycles. The van der Waals surface area contributed by atoms with Gasteiger partial charge in [-0.05, 0) is 29.7 Å². The van der Waals surface area contributed by atoms with Gasteiger partial charge in [0.15, 0.2) is 0 Å². The Morgan fingerprint density at radius 2 is 1.90 bits per heavy atom. The number of carbonyl (C=O) groups is 2. The fourth-order valence-electron chi connectivity index (χ4n) is 3.92. The number of aromatic amines is 1. The molecular formula is C23H27N5O3. The maximum absolute atomic E-state index is 12.4. The van der Waals surface area contributed by atoms with E-state index in [1.165, 1.54) is 0 Å². The summed E-state index contributed by atoms with van der Waals surface area (Å²) in [6.07, 6.45) is 6.11. The number of aromatic nitrogens is 2. The number of morpholine rings is 1. The standard InChI is InChI=1S/C23H27N5O3/c29-22(25-9-7-17-15-26-20-6-2-1-5-19(17)20)23(30)27-16-21(18-4-3-8-24-14-18)28-10-12-31-13-11-28/h1-6,8,14-15,21,26H,7,9-13,16H2,(H,25,29)(H,27,30)/t21-/m0/s1. The summed E-state index contributed by atoms with van der Waals surface area (Å²) in [7, 11) is 0. The average molecular weight is 422 g/mol. The number of pyridine rings is 1. The zero-order chi connectivity index (χ0) is 21.5. The van der Waals surface area contributed by atoms with Crippen molar-refractivity contribution in [3.8, 4) is 0 Å². The number of benzene rings is 1.